The highest BCUT2D eigenvalue weighted by molar-refractivity contribution is 9.28. The average molecular weight is 479 g/mol. The van der Waals surface area contributed by atoms with Gasteiger partial charge in [-0.25, -0.2) is 4.68 Å². The van der Waals surface area contributed by atoms with Crippen molar-refractivity contribution in [2.24, 2.45) is 0 Å². The summed E-state index contributed by atoms with van der Waals surface area (Å²) >= 11 is 18.5. The smallest absolute Gasteiger partial charge is 0.237 e. The summed E-state index contributed by atoms with van der Waals surface area (Å²) in [6.07, 6.45) is -1.33. The molecule has 0 bridgehead atoms. The van der Waals surface area contributed by atoms with Crippen molar-refractivity contribution in [3.8, 4) is 5.69 Å². The molecular weight excluding hydrogens is 472 g/mol. The molecule has 0 saturated heterocycles. The van der Waals surface area contributed by atoms with Gasteiger partial charge in [0.05, 0.1) is 25.2 Å². The predicted octanol–water partition coefficient (Wildman–Crippen LogP) is 6.68. The third kappa shape index (κ3) is 3.69. The number of alkyl halides is 3. The van der Waals surface area contributed by atoms with E-state index < -0.39 is 11.7 Å². The lowest BCUT2D eigenvalue weighted by molar-refractivity contribution is -0.137. The van der Waals surface area contributed by atoms with Crippen LogP contribution in [0.3, 0.4) is 0 Å². The van der Waals surface area contributed by atoms with E-state index >= 15 is 0 Å². The Kier molecular flexibility index (Phi) is 5.31. The summed E-state index contributed by atoms with van der Waals surface area (Å²) in [4.78, 5) is 0. The van der Waals surface area contributed by atoms with Crippen molar-refractivity contribution in [1.29, 1.82) is 0 Å². The molecule has 2 nitrogen and oxygen atoms in total. The maximum atomic E-state index is 12.7. The Bertz CT molecular complexity index is 727. The molecule has 0 aliphatic rings. The number of allylic oxidation sites excluding steroid dienone is 1. The molecule has 0 saturated carbocycles. The number of nitrogens with zero attached hydrogens (tertiary/aromatic N) is 2. The van der Waals surface area contributed by atoms with Crippen LogP contribution in [0.4, 0.5) is 13.2 Å². The van der Waals surface area contributed by atoms with Crippen molar-refractivity contribution in [1.82, 2.24) is 9.78 Å². The number of halogens is 7. The van der Waals surface area contributed by atoms with Crippen molar-refractivity contribution >= 4 is 60.6 Å². The molecular formula is C13H7Br2Cl2F3N2. The topological polar surface area (TPSA) is 17.8 Å². The molecule has 0 spiro atoms. The van der Waals surface area contributed by atoms with Crippen molar-refractivity contribution in [2.75, 3.05) is 0 Å². The van der Waals surface area contributed by atoms with E-state index in [4.69, 9.17) is 23.2 Å². The fraction of sp³-hybridized carbons (Fsp3) is 0.154. The fourth-order valence-corrected chi connectivity index (χ4v) is 2.81. The van der Waals surface area contributed by atoms with Crippen LogP contribution in [0.25, 0.3) is 11.3 Å². The van der Waals surface area contributed by atoms with Gasteiger partial charge in [-0.1, -0.05) is 23.2 Å². The lowest BCUT2D eigenvalue weighted by atomic mass is 10.2. The maximum Gasteiger partial charge on any atom is 0.416 e. The SMILES string of the molecule is CC(=C(Br)Br)c1cnn(-c2c(Cl)cc(C(F)(F)F)cc2Cl)c1. The Morgan fingerprint density at radius 2 is 1.73 bits per heavy atom. The van der Waals surface area contributed by atoms with Crippen LogP contribution in [-0.4, -0.2) is 9.78 Å². The van der Waals surface area contributed by atoms with Crippen molar-refractivity contribution in [3.63, 3.8) is 0 Å². The Hall–Kier alpha value is -0.500. The van der Waals surface area contributed by atoms with Crippen LogP contribution in [0, 0.1) is 0 Å². The number of hydrogen-bond donors (Lipinski definition) is 0. The predicted molar refractivity (Wildman–Crippen MR) is 89.0 cm³/mol. The summed E-state index contributed by atoms with van der Waals surface area (Å²) in [5, 5.41) is 3.83. The van der Waals surface area contributed by atoms with Gasteiger partial charge in [-0.15, -0.1) is 0 Å². The lowest BCUT2D eigenvalue weighted by Crippen LogP contribution is -2.06. The Balaban J connectivity index is 2.53. The second-order valence-corrected chi connectivity index (χ2v) is 7.81. The van der Waals surface area contributed by atoms with Crippen LogP contribution < -0.4 is 0 Å². The van der Waals surface area contributed by atoms with Gasteiger partial charge in [0.1, 0.15) is 5.69 Å². The van der Waals surface area contributed by atoms with E-state index in [2.05, 4.69) is 37.0 Å². The summed E-state index contributed by atoms with van der Waals surface area (Å²) in [6.45, 7) is 1.84. The second-order valence-electron chi connectivity index (χ2n) is 4.35. The molecule has 0 aliphatic carbocycles. The highest BCUT2D eigenvalue weighted by Gasteiger charge is 2.32. The molecule has 1 heterocycles. The first-order chi connectivity index (χ1) is 10.1. The first-order valence-electron chi connectivity index (χ1n) is 5.74. The average Bonchev–Trinajstić information content (AvgIpc) is 2.85. The molecule has 1 aromatic carbocycles. The molecule has 0 atom stereocenters. The Morgan fingerprint density at radius 3 is 2.18 bits per heavy atom. The van der Waals surface area contributed by atoms with Gasteiger partial charge in [-0.05, 0) is 56.5 Å². The third-order valence-corrected chi connectivity index (χ3v) is 4.64. The van der Waals surface area contributed by atoms with Crippen molar-refractivity contribution in [3.05, 3.63) is 49.1 Å². The van der Waals surface area contributed by atoms with Gasteiger partial charge >= 0.3 is 6.18 Å². The summed E-state index contributed by atoms with van der Waals surface area (Å²) in [5.74, 6) is 0. The van der Waals surface area contributed by atoms with Crippen LogP contribution in [0.1, 0.15) is 18.1 Å². The molecule has 0 N–H and O–H groups in total. The molecule has 118 valence electrons. The number of benzene rings is 1. The number of aromatic nitrogens is 2. The molecule has 2 rings (SSSR count). The van der Waals surface area contributed by atoms with Gasteiger partial charge in [0.2, 0.25) is 0 Å². The highest BCUT2D eigenvalue weighted by atomic mass is 79.9. The van der Waals surface area contributed by atoms with E-state index in [0.717, 1.165) is 26.7 Å². The molecule has 0 amide bonds. The molecule has 0 radical (unpaired) electrons. The highest BCUT2D eigenvalue weighted by Crippen LogP contribution is 2.37. The summed E-state index contributed by atoms with van der Waals surface area (Å²) < 4.78 is 40.3. The normalized spacial score (nSPS) is 11.6. The van der Waals surface area contributed by atoms with Gasteiger partial charge in [0.25, 0.3) is 0 Å². The minimum atomic E-state index is -4.51. The first-order valence-corrected chi connectivity index (χ1v) is 8.09. The number of hydrogen-bond acceptors (Lipinski definition) is 1. The quantitative estimate of drug-likeness (QED) is 0.471. The van der Waals surface area contributed by atoms with Crippen molar-refractivity contribution < 1.29 is 13.2 Å². The van der Waals surface area contributed by atoms with Crippen LogP contribution in [-0.2, 0) is 6.18 Å². The van der Waals surface area contributed by atoms with Gasteiger partial charge in [0, 0.05) is 11.8 Å². The zero-order valence-corrected chi connectivity index (χ0v) is 15.5. The largest absolute Gasteiger partial charge is 0.416 e. The second kappa shape index (κ2) is 6.55. The minimum absolute atomic E-state index is 0.131. The van der Waals surface area contributed by atoms with Gasteiger partial charge in [-0.2, -0.15) is 18.3 Å². The van der Waals surface area contributed by atoms with Crippen LogP contribution >= 0.6 is 55.1 Å². The maximum absolute atomic E-state index is 12.7. The molecule has 0 unspecified atom stereocenters. The van der Waals surface area contributed by atoms with Gasteiger partial charge in [0.15, 0.2) is 0 Å². The van der Waals surface area contributed by atoms with E-state index in [9.17, 15) is 13.2 Å². The van der Waals surface area contributed by atoms with E-state index in [0.29, 0.717) is 0 Å². The third-order valence-electron chi connectivity index (χ3n) is 2.87. The number of rotatable bonds is 2. The van der Waals surface area contributed by atoms with E-state index in [-0.39, 0.29) is 15.7 Å². The molecule has 0 aliphatic heterocycles. The van der Waals surface area contributed by atoms with Gasteiger partial charge in [-0.3, -0.25) is 0 Å². The fourth-order valence-electron chi connectivity index (χ4n) is 1.70. The summed E-state index contributed by atoms with van der Waals surface area (Å²) in [6, 6.07) is 1.65. The molecule has 9 heteroatoms. The Morgan fingerprint density at radius 1 is 1.18 bits per heavy atom. The monoisotopic (exact) mass is 476 g/mol. The molecule has 2 aromatic rings. The van der Waals surface area contributed by atoms with Crippen LogP contribution in [0.2, 0.25) is 10.0 Å². The summed E-state index contributed by atoms with van der Waals surface area (Å²) in [7, 11) is 0. The Labute approximate surface area is 151 Å². The first kappa shape index (κ1) is 17.8. The zero-order valence-electron chi connectivity index (χ0n) is 10.8. The van der Waals surface area contributed by atoms with Crippen LogP contribution in [0.15, 0.2) is 27.9 Å². The molecule has 22 heavy (non-hydrogen) atoms. The van der Waals surface area contributed by atoms with E-state index in [1.807, 2.05) is 6.92 Å². The van der Waals surface area contributed by atoms with E-state index in [1.165, 1.54) is 4.68 Å². The zero-order chi connectivity index (χ0) is 16.7. The van der Waals surface area contributed by atoms with Crippen molar-refractivity contribution in [2.45, 2.75) is 13.1 Å². The van der Waals surface area contributed by atoms with Crippen LogP contribution in [0.5, 0.6) is 0 Å². The summed E-state index contributed by atoms with van der Waals surface area (Å²) in [5.41, 5.74) is 0.917. The molecule has 1 aromatic heterocycles. The van der Waals surface area contributed by atoms with Gasteiger partial charge < -0.3 is 0 Å². The minimum Gasteiger partial charge on any atom is -0.237 e. The van der Waals surface area contributed by atoms with E-state index in [1.54, 1.807) is 12.4 Å². The standard InChI is InChI=1S/C13H7Br2Cl2F3N2/c1-6(12(14)15)7-4-21-22(5-7)11-9(16)2-8(3-10(11)17)13(18,19)20/h2-5H,1H3. The lowest BCUT2D eigenvalue weighted by Gasteiger charge is -2.12. The molecule has 0 fully saturated rings.